The van der Waals surface area contributed by atoms with Gasteiger partial charge < -0.3 is 5.11 Å². The van der Waals surface area contributed by atoms with Gasteiger partial charge in [0, 0.05) is 5.56 Å². The van der Waals surface area contributed by atoms with Gasteiger partial charge in [0.2, 0.25) is 0 Å². The summed E-state index contributed by atoms with van der Waals surface area (Å²) in [5, 5.41) is 21.2. The van der Waals surface area contributed by atoms with E-state index in [0.29, 0.717) is 11.7 Å². The molecule has 3 rings (SSSR count). The molecule has 1 atom stereocenters. The zero-order valence-electron chi connectivity index (χ0n) is 12.2. The molecule has 0 bridgehead atoms. The quantitative estimate of drug-likeness (QED) is 0.912. The van der Waals surface area contributed by atoms with E-state index in [1.54, 1.807) is 4.68 Å². The largest absolute Gasteiger partial charge is 0.481 e. The first-order chi connectivity index (χ1) is 10.1. The molecule has 1 heterocycles. The van der Waals surface area contributed by atoms with E-state index in [1.807, 2.05) is 32.0 Å². The number of aryl methyl sites for hydroxylation is 2. The Morgan fingerprint density at radius 2 is 2.05 bits per heavy atom. The predicted octanol–water partition coefficient (Wildman–Crippen LogP) is 2.38. The van der Waals surface area contributed by atoms with Crippen LogP contribution in [-0.2, 0) is 4.79 Å². The van der Waals surface area contributed by atoms with E-state index < -0.39 is 5.97 Å². The normalized spacial score (nSPS) is 15.9. The summed E-state index contributed by atoms with van der Waals surface area (Å²) in [5.74, 6) is 0.228. The molecule has 2 aromatic rings. The van der Waals surface area contributed by atoms with Gasteiger partial charge in [0.25, 0.3) is 0 Å². The Hall–Kier alpha value is -2.24. The van der Waals surface area contributed by atoms with E-state index >= 15 is 0 Å². The molecular weight excluding hydrogens is 268 g/mol. The maximum Gasteiger partial charge on any atom is 0.305 e. The van der Waals surface area contributed by atoms with Crippen molar-refractivity contribution in [2.45, 2.75) is 39.2 Å². The standard InChI is InChI=1S/C15H18N4O2/c1-9-4-3-5-10(2)14(9)15-16-17-18-19(15)12(8-13(20)21)11-6-7-11/h3-5,11-12H,6-8H2,1-2H3,(H,20,21). The van der Waals surface area contributed by atoms with Crippen molar-refractivity contribution in [2.75, 3.05) is 0 Å². The smallest absolute Gasteiger partial charge is 0.305 e. The van der Waals surface area contributed by atoms with Crippen molar-refractivity contribution in [3.63, 3.8) is 0 Å². The summed E-state index contributed by atoms with van der Waals surface area (Å²) in [6.45, 7) is 4.04. The Labute approximate surface area is 122 Å². The minimum Gasteiger partial charge on any atom is -0.481 e. The molecule has 1 aromatic carbocycles. The molecule has 0 radical (unpaired) electrons. The molecule has 1 aromatic heterocycles. The van der Waals surface area contributed by atoms with E-state index in [4.69, 9.17) is 5.11 Å². The van der Waals surface area contributed by atoms with Crippen LogP contribution in [0.15, 0.2) is 18.2 Å². The zero-order chi connectivity index (χ0) is 15.0. The Morgan fingerprint density at radius 3 is 2.62 bits per heavy atom. The first-order valence-electron chi connectivity index (χ1n) is 7.14. The summed E-state index contributed by atoms with van der Waals surface area (Å²) in [4.78, 5) is 11.1. The second-order valence-corrected chi connectivity index (χ2v) is 5.72. The Bertz CT molecular complexity index is 656. The van der Waals surface area contributed by atoms with Crippen LogP contribution in [0.3, 0.4) is 0 Å². The van der Waals surface area contributed by atoms with Crippen LogP contribution in [0.2, 0.25) is 0 Å². The number of carboxylic acids is 1. The lowest BCUT2D eigenvalue weighted by Crippen LogP contribution is -2.18. The fourth-order valence-corrected chi connectivity index (χ4v) is 2.86. The van der Waals surface area contributed by atoms with Crippen molar-refractivity contribution in [3.8, 4) is 11.4 Å². The lowest BCUT2D eigenvalue weighted by atomic mass is 10.0. The molecule has 0 saturated heterocycles. The zero-order valence-corrected chi connectivity index (χ0v) is 12.2. The van der Waals surface area contributed by atoms with Crippen LogP contribution >= 0.6 is 0 Å². The molecule has 1 aliphatic carbocycles. The predicted molar refractivity (Wildman–Crippen MR) is 76.7 cm³/mol. The molecule has 1 aliphatic rings. The van der Waals surface area contributed by atoms with Gasteiger partial charge in [-0.25, -0.2) is 4.68 Å². The van der Waals surface area contributed by atoms with Gasteiger partial charge in [-0.1, -0.05) is 18.2 Å². The molecule has 0 amide bonds. The Kier molecular flexibility index (Phi) is 3.45. The Balaban J connectivity index is 2.06. The maximum absolute atomic E-state index is 11.1. The van der Waals surface area contributed by atoms with Gasteiger partial charge in [-0.3, -0.25) is 4.79 Å². The highest BCUT2D eigenvalue weighted by Crippen LogP contribution is 2.42. The van der Waals surface area contributed by atoms with Crippen molar-refractivity contribution in [1.82, 2.24) is 20.2 Å². The summed E-state index contributed by atoms with van der Waals surface area (Å²) in [6.07, 6.45) is 2.15. The van der Waals surface area contributed by atoms with E-state index in [2.05, 4.69) is 15.5 Å². The highest BCUT2D eigenvalue weighted by atomic mass is 16.4. The number of aromatic nitrogens is 4. The summed E-state index contributed by atoms with van der Waals surface area (Å²) in [5.41, 5.74) is 3.19. The molecule has 1 saturated carbocycles. The van der Waals surface area contributed by atoms with Crippen LogP contribution in [0, 0.1) is 19.8 Å². The molecule has 6 heteroatoms. The summed E-state index contributed by atoms with van der Waals surface area (Å²) in [6, 6.07) is 5.87. The molecule has 21 heavy (non-hydrogen) atoms. The third kappa shape index (κ3) is 2.66. The average Bonchev–Trinajstić information content (AvgIpc) is 3.15. The second-order valence-electron chi connectivity index (χ2n) is 5.72. The number of nitrogens with zero attached hydrogens (tertiary/aromatic N) is 4. The molecule has 1 fully saturated rings. The van der Waals surface area contributed by atoms with Crippen LogP contribution in [0.25, 0.3) is 11.4 Å². The number of tetrazole rings is 1. The van der Waals surface area contributed by atoms with Crippen LogP contribution < -0.4 is 0 Å². The van der Waals surface area contributed by atoms with E-state index in [-0.39, 0.29) is 12.5 Å². The number of carbonyl (C=O) groups is 1. The third-order valence-electron chi connectivity index (χ3n) is 4.06. The second kappa shape index (κ2) is 5.27. The van der Waals surface area contributed by atoms with Crippen LogP contribution in [0.4, 0.5) is 0 Å². The third-order valence-corrected chi connectivity index (χ3v) is 4.06. The topological polar surface area (TPSA) is 80.9 Å². The van der Waals surface area contributed by atoms with E-state index in [9.17, 15) is 4.79 Å². The lowest BCUT2D eigenvalue weighted by Gasteiger charge is -2.17. The summed E-state index contributed by atoms with van der Waals surface area (Å²) >= 11 is 0. The number of carboxylic acid groups (broad SMARTS) is 1. The van der Waals surface area contributed by atoms with Gasteiger partial charge in [-0.15, -0.1) is 5.10 Å². The number of rotatable bonds is 5. The average molecular weight is 286 g/mol. The van der Waals surface area contributed by atoms with E-state index in [0.717, 1.165) is 29.5 Å². The van der Waals surface area contributed by atoms with Crippen LogP contribution in [0.1, 0.15) is 36.4 Å². The fourth-order valence-electron chi connectivity index (χ4n) is 2.86. The lowest BCUT2D eigenvalue weighted by molar-refractivity contribution is -0.138. The van der Waals surface area contributed by atoms with Gasteiger partial charge in [-0.2, -0.15) is 0 Å². The number of hydrogen-bond donors (Lipinski definition) is 1. The summed E-state index contributed by atoms with van der Waals surface area (Å²) in [7, 11) is 0. The van der Waals surface area contributed by atoms with Gasteiger partial charge in [0.1, 0.15) is 0 Å². The van der Waals surface area contributed by atoms with Gasteiger partial charge in [-0.05, 0) is 54.2 Å². The number of benzene rings is 1. The van der Waals surface area contributed by atoms with Crippen molar-refractivity contribution >= 4 is 5.97 Å². The minimum absolute atomic E-state index is 0.0631. The number of aliphatic carboxylic acids is 1. The molecule has 1 unspecified atom stereocenters. The fraction of sp³-hybridized carbons (Fsp3) is 0.467. The number of hydrogen-bond acceptors (Lipinski definition) is 4. The molecule has 6 nitrogen and oxygen atoms in total. The Morgan fingerprint density at radius 1 is 1.38 bits per heavy atom. The van der Waals surface area contributed by atoms with Crippen molar-refractivity contribution in [2.24, 2.45) is 5.92 Å². The van der Waals surface area contributed by atoms with Gasteiger partial charge in [0.15, 0.2) is 5.82 Å². The van der Waals surface area contributed by atoms with Crippen LogP contribution in [0.5, 0.6) is 0 Å². The highest BCUT2D eigenvalue weighted by Gasteiger charge is 2.36. The van der Waals surface area contributed by atoms with Crippen molar-refractivity contribution < 1.29 is 9.90 Å². The molecular formula is C15H18N4O2. The van der Waals surface area contributed by atoms with Gasteiger partial charge in [0.05, 0.1) is 12.5 Å². The van der Waals surface area contributed by atoms with Crippen molar-refractivity contribution in [3.05, 3.63) is 29.3 Å². The van der Waals surface area contributed by atoms with Crippen LogP contribution in [-0.4, -0.2) is 31.3 Å². The van der Waals surface area contributed by atoms with Gasteiger partial charge >= 0.3 is 5.97 Å². The molecule has 1 N–H and O–H groups in total. The van der Waals surface area contributed by atoms with Crippen molar-refractivity contribution in [1.29, 1.82) is 0 Å². The first kappa shape index (κ1) is 13.7. The van der Waals surface area contributed by atoms with E-state index in [1.165, 1.54) is 0 Å². The maximum atomic E-state index is 11.1. The SMILES string of the molecule is Cc1cccc(C)c1-c1nnnn1C(CC(=O)O)C1CC1. The molecule has 0 spiro atoms. The minimum atomic E-state index is -0.810. The highest BCUT2D eigenvalue weighted by molar-refractivity contribution is 5.68. The molecule has 110 valence electrons. The molecule has 0 aliphatic heterocycles. The first-order valence-corrected chi connectivity index (χ1v) is 7.14. The summed E-state index contributed by atoms with van der Waals surface area (Å²) < 4.78 is 1.71. The monoisotopic (exact) mass is 286 g/mol.